The molecule has 1 aliphatic rings. The van der Waals surface area contributed by atoms with E-state index in [4.69, 9.17) is 10.7 Å². The minimum Gasteiger partial charge on any atom is -0.370 e. The Bertz CT molecular complexity index is 637. The lowest BCUT2D eigenvalue weighted by Gasteiger charge is -2.34. The van der Waals surface area contributed by atoms with Crippen LogP contribution in [-0.4, -0.2) is 56.0 Å². The highest BCUT2D eigenvalue weighted by molar-refractivity contribution is 14.0. The molecule has 1 atom stereocenters. The fraction of sp³-hybridized carbons (Fsp3) is 0.619. The van der Waals surface area contributed by atoms with Crippen LogP contribution in [0.15, 0.2) is 29.3 Å². The average Bonchev–Trinajstić information content (AvgIpc) is 2.64. The number of hydrogen-bond acceptors (Lipinski definition) is 3. The predicted molar refractivity (Wildman–Crippen MR) is 129 cm³/mol. The maximum Gasteiger partial charge on any atom is 0.217 e. The Labute approximate surface area is 187 Å². The number of nitrogens with one attached hydrogen (secondary N) is 1. The van der Waals surface area contributed by atoms with Gasteiger partial charge < -0.3 is 20.9 Å². The fourth-order valence-electron chi connectivity index (χ4n) is 3.71. The van der Waals surface area contributed by atoms with E-state index < -0.39 is 0 Å². The molecule has 0 spiro atoms. The van der Waals surface area contributed by atoms with Gasteiger partial charge in [0.1, 0.15) is 0 Å². The molecule has 7 heteroatoms. The van der Waals surface area contributed by atoms with Gasteiger partial charge >= 0.3 is 0 Å². The fourth-order valence-corrected chi connectivity index (χ4v) is 3.71. The van der Waals surface area contributed by atoms with Crippen LogP contribution in [0.2, 0.25) is 0 Å². The number of hydrogen-bond donors (Lipinski definition) is 2. The number of benzene rings is 1. The summed E-state index contributed by atoms with van der Waals surface area (Å²) in [5.74, 6) is 1.08. The molecule has 2 rings (SSSR count). The van der Waals surface area contributed by atoms with Crippen LogP contribution in [-0.2, 0) is 4.79 Å². The number of anilines is 1. The molecule has 1 unspecified atom stereocenters. The number of primary amides is 1. The van der Waals surface area contributed by atoms with Crippen molar-refractivity contribution in [1.29, 1.82) is 0 Å². The minimum atomic E-state index is -0.208. The monoisotopic (exact) mass is 501 g/mol. The number of rotatable bonds is 8. The van der Waals surface area contributed by atoms with Gasteiger partial charge in [-0.25, -0.2) is 0 Å². The summed E-state index contributed by atoms with van der Waals surface area (Å²) in [6.07, 6.45) is 2.61. The highest BCUT2D eigenvalue weighted by Gasteiger charge is 2.23. The van der Waals surface area contributed by atoms with Crippen LogP contribution in [0.5, 0.6) is 0 Å². The molecule has 1 saturated heterocycles. The van der Waals surface area contributed by atoms with E-state index in [1.807, 2.05) is 0 Å². The molecule has 1 amide bonds. The van der Waals surface area contributed by atoms with E-state index in [0.717, 1.165) is 58.1 Å². The molecule has 0 aliphatic carbocycles. The lowest BCUT2D eigenvalue weighted by Crippen LogP contribution is -2.47. The van der Waals surface area contributed by atoms with Gasteiger partial charge in [0, 0.05) is 44.8 Å². The van der Waals surface area contributed by atoms with Gasteiger partial charge in [0.25, 0.3) is 0 Å². The lowest BCUT2D eigenvalue weighted by atomic mass is 9.95. The summed E-state index contributed by atoms with van der Waals surface area (Å²) in [7, 11) is 0. The predicted octanol–water partition coefficient (Wildman–Crippen LogP) is 2.99. The molecule has 1 fully saturated rings. The summed E-state index contributed by atoms with van der Waals surface area (Å²) < 4.78 is 0. The molecule has 0 aromatic heterocycles. The van der Waals surface area contributed by atoms with Crippen molar-refractivity contribution >= 4 is 41.5 Å². The van der Waals surface area contributed by atoms with E-state index in [0.29, 0.717) is 12.3 Å². The molecule has 1 aliphatic heterocycles. The summed E-state index contributed by atoms with van der Waals surface area (Å²) in [6, 6.07) is 8.60. The van der Waals surface area contributed by atoms with E-state index in [9.17, 15) is 4.79 Å². The average molecular weight is 501 g/mol. The molecule has 158 valence electrons. The number of halogens is 1. The van der Waals surface area contributed by atoms with Crippen molar-refractivity contribution in [1.82, 2.24) is 10.2 Å². The Morgan fingerprint density at radius 1 is 1.39 bits per heavy atom. The van der Waals surface area contributed by atoms with Crippen LogP contribution in [0.25, 0.3) is 0 Å². The smallest absolute Gasteiger partial charge is 0.217 e. The van der Waals surface area contributed by atoms with Gasteiger partial charge in [-0.3, -0.25) is 9.79 Å². The summed E-state index contributed by atoms with van der Waals surface area (Å²) in [6.45, 7) is 11.6. The van der Waals surface area contributed by atoms with Crippen molar-refractivity contribution in [3.8, 4) is 0 Å². The highest BCUT2D eigenvalue weighted by Crippen LogP contribution is 2.19. The number of aryl methyl sites for hydroxylation is 1. The highest BCUT2D eigenvalue weighted by atomic mass is 127. The quantitative estimate of drug-likeness (QED) is 0.327. The Hall–Kier alpha value is -1.51. The van der Waals surface area contributed by atoms with Crippen molar-refractivity contribution in [2.45, 2.75) is 40.0 Å². The Balaban J connectivity index is 0.00000392. The zero-order chi connectivity index (χ0) is 19.6. The van der Waals surface area contributed by atoms with Gasteiger partial charge in [0.05, 0.1) is 6.54 Å². The number of piperidine rings is 1. The molecular formula is C21H36IN5O. The summed E-state index contributed by atoms with van der Waals surface area (Å²) in [5, 5.41) is 3.41. The molecule has 1 heterocycles. The van der Waals surface area contributed by atoms with Crippen LogP contribution in [0, 0.1) is 12.8 Å². The van der Waals surface area contributed by atoms with E-state index in [1.54, 1.807) is 0 Å². The lowest BCUT2D eigenvalue weighted by molar-refractivity contribution is -0.119. The molecule has 28 heavy (non-hydrogen) atoms. The standard InChI is InChI=1S/C21H35N5O.HI/c1-4-23-21(26-12-7-9-18(16-26)15-20(22)27)24-11-13-25(5-2)19-10-6-8-17(3)14-19;/h6,8,10,14,18H,4-5,7,9,11-13,15-16H2,1-3H3,(H2,22,27)(H,23,24);1H. The van der Waals surface area contributed by atoms with Crippen molar-refractivity contribution in [2.24, 2.45) is 16.6 Å². The van der Waals surface area contributed by atoms with E-state index in [2.05, 4.69) is 60.2 Å². The van der Waals surface area contributed by atoms with Crippen molar-refractivity contribution in [3.63, 3.8) is 0 Å². The summed E-state index contributed by atoms with van der Waals surface area (Å²) >= 11 is 0. The Morgan fingerprint density at radius 3 is 2.82 bits per heavy atom. The maximum atomic E-state index is 11.3. The maximum absolute atomic E-state index is 11.3. The number of carbonyl (C=O) groups is 1. The number of likely N-dealkylation sites (N-methyl/N-ethyl adjacent to an activating group) is 1. The zero-order valence-corrected chi connectivity index (χ0v) is 19.8. The normalized spacial score (nSPS) is 17.0. The van der Waals surface area contributed by atoms with Crippen LogP contribution >= 0.6 is 24.0 Å². The first-order valence-corrected chi connectivity index (χ1v) is 10.2. The van der Waals surface area contributed by atoms with Crippen LogP contribution in [0.3, 0.4) is 0 Å². The van der Waals surface area contributed by atoms with Crippen molar-refractivity contribution < 1.29 is 4.79 Å². The van der Waals surface area contributed by atoms with Gasteiger partial charge in [-0.1, -0.05) is 12.1 Å². The number of aliphatic imine (C=N–C) groups is 1. The second-order valence-electron chi connectivity index (χ2n) is 7.28. The second kappa shape index (κ2) is 12.9. The SMILES string of the molecule is CCNC(=NCCN(CC)c1cccc(C)c1)N1CCCC(CC(N)=O)C1.I. The topological polar surface area (TPSA) is 74.0 Å². The number of carbonyl (C=O) groups excluding carboxylic acids is 1. The number of nitrogens with zero attached hydrogens (tertiary/aromatic N) is 3. The molecule has 6 nitrogen and oxygen atoms in total. The van der Waals surface area contributed by atoms with Crippen LogP contribution in [0.1, 0.15) is 38.7 Å². The van der Waals surface area contributed by atoms with Gasteiger partial charge in [-0.05, 0) is 57.2 Å². The second-order valence-corrected chi connectivity index (χ2v) is 7.28. The third-order valence-corrected chi connectivity index (χ3v) is 5.02. The molecule has 0 radical (unpaired) electrons. The summed E-state index contributed by atoms with van der Waals surface area (Å²) in [4.78, 5) is 20.8. The molecule has 0 bridgehead atoms. The van der Waals surface area contributed by atoms with Gasteiger partial charge in [0.15, 0.2) is 5.96 Å². The van der Waals surface area contributed by atoms with E-state index >= 15 is 0 Å². The molecular weight excluding hydrogens is 465 g/mol. The number of likely N-dealkylation sites (tertiary alicyclic amines) is 1. The van der Waals surface area contributed by atoms with E-state index in [1.165, 1.54) is 11.3 Å². The van der Waals surface area contributed by atoms with Crippen molar-refractivity contribution in [3.05, 3.63) is 29.8 Å². The molecule has 1 aromatic carbocycles. The number of nitrogens with two attached hydrogens (primary N) is 1. The van der Waals surface area contributed by atoms with Crippen LogP contribution in [0.4, 0.5) is 5.69 Å². The molecule has 1 aromatic rings. The third kappa shape index (κ3) is 7.85. The number of guanidine groups is 1. The largest absolute Gasteiger partial charge is 0.370 e. The molecule has 0 saturated carbocycles. The van der Waals surface area contributed by atoms with E-state index in [-0.39, 0.29) is 29.9 Å². The van der Waals surface area contributed by atoms with Crippen molar-refractivity contribution in [2.75, 3.05) is 44.2 Å². The third-order valence-electron chi connectivity index (χ3n) is 5.02. The first-order chi connectivity index (χ1) is 13.0. The Kier molecular flexibility index (Phi) is 11.3. The molecule has 3 N–H and O–H groups in total. The summed E-state index contributed by atoms with van der Waals surface area (Å²) in [5.41, 5.74) is 7.91. The van der Waals surface area contributed by atoms with Gasteiger partial charge in [0.2, 0.25) is 5.91 Å². The first kappa shape index (κ1) is 24.5. The number of amides is 1. The Morgan fingerprint density at radius 2 is 2.18 bits per heavy atom. The van der Waals surface area contributed by atoms with Gasteiger partial charge in [-0.15, -0.1) is 24.0 Å². The minimum absolute atomic E-state index is 0. The van der Waals surface area contributed by atoms with Gasteiger partial charge in [-0.2, -0.15) is 0 Å². The zero-order valence-electron chi connectivity index (χ0n) is 17.5. The first-order valence-electron chi connectivity index (χ1n) is 10.2. The van der Waals surface area contributed by atoms with Crippen LogP contribution < -0.4 is 16.0 Å².